The smallest absolute Gasteiger partial charge is 0.280 e. The van der Waals surface area contributed by atoms with Crippen molar-refractivity contribution in [1.29, 1.82) is 0 Å². The summed E-state index contributed by atoms with van der Waals surface area (Å²) in [7, 11) is 1.59. The number of carbonyl (C=O) groups excluding carboxylic acids is 3. The standard InChI is InChI=1S/C26H19BrN4O4S/c1-35-20-9-2-16(3-10-20)15-28-31(26-29-21-11-6-18(27)14-22(21)36-26)25(34)17-4-7-19(8-5-17)30-23(32)12-13-24(30)33/h2-11,14-15H,12-13H2,1H3/b28-15+. The van der Waals surface area contributed by atoms with Gasteiger partial charge in [-0.2, -0.15) is 10.1 Å². The molecule has 1 aliphatic rings. The number of thiazole rings is 1. The van der Waals surface area contributed by atoms with Gasteiger partial charge in [0.05, 0.1) is 29.2 Å². The zero-order chi connectivity index (χ0) is 25.2. The quantitative estimate of drug-likeness (QED) is 0.178. The van der Waals surface area contributed by atoms with Gasteiger partial charge in [-0.15, -0.1) is 0 Å². The molecule has 0 saturated carbocycles. The van der Waals surface area contributed by atoms with Gasteiger partial charge < -0.3 is 4.74 Å². The normalized spacial score (nSPS) is 13.7. The lowest BCUT2D eigenvalue weighted by Crippen LogP contribution is -2.29. The van der Waals surface area contributed by atoms with Crippen molar-refractivity contribution in [3.8, 4) is 5.75 Å². The first kappa shape index (κ1) is 23.8. The van der Waals surface area contributed by atoms with Gasteiger partial charge in [-0.3, -0.25) is 19.3 Å². The molecule has 1 aliphatic heterocycles. The van der Waals surface area contributed by atoms with E-state index < -0.39 is 5.91 Å². The van der Waals surface area contributed by atoms with Crippen molar-refractivity contribution < 1.29 is 19.1 Å². The van der Waals surface area contributed by atoms with Crippen molar-refractivity contribution in [2.24, 2.45) is 5.10 Å². The summed E-state index contributed by atoms with van der Waals surface area (Å²) in [6, 6.07) is 19.3. The predicted octanol–water partition coefficient (Wildman–Crippen LogP) is 5.40. The maximum absolute atomic E-state index is 13.6. The number of halogens is 1. The number of hydrazone groups is 1. The molecule has 8 nitrogen and oxygen atoms in total. The molecule has 0 unspecified atom stereocenters. The second-order valence-electron chi connectivity index (χ2n) is 7.91. The van der Waals surface area contributed by atoms with Crippen LogP contribution in [0.5, 0.6) is 5.75 Å². The third-order valence-corrected chi connectivity index (χ3v) is 7.06. The molecule has 36 heavy (non-hydrogen) atoms. The van der Waals surface area contributed by atoms with Gasteiger partial charge in [-0.25, -0.2) is 4.98 Å². The molecule has 0 aliphatic carbocycles. The average Bonchev–Trinajstić information content (AvgIpc) is 3.46. The highest BCUT2D eigenvalue weighted by Gasteiger charge is 2.30. The van der Waals surface area contributed by atoms with Gasteiger partial charge in [0.15, 0.2) is 0 Å². The molecule has 0 bridgehead atoms. The summed E-state index contributed by atoms with van der Waals surface area (Å²) in [6.07, 6.45) is 1.97. The highest BCUT2D eigenvalue weighted by atomic mass is 79.9. The summed E-state index contributed by atoms with van der Waals surface area (Å²) in [6.45, 7) is 0. The summed E-state index contributed by atoms with van der Waals surface area (Å²) in [4.78, 5) is 43.5. The van der Waals surface area contributed by atoms with E-state index in [0.29, 0.717) is 22.1 Å². The van der Waals surface area contributed by atoms with Gasteiger partial charge in [0.2, 0.25) is 16.9 Å². The fourth-order valence-electron chi connectivity index (χ4n) is 3.72. The Morgan fingerprint density at radius 1 is 1.06 bits per heavy atom. The van der Waals surface area contributed by atoms with E-state index in [0.717, 1.165) is 25.2 Å². The van der Waals surface area contributed by atoms with E-state index in [2.05, 4.69) is 26.0 Å². The number of hydrogen-bond acceptors (Lipinski definition) is 7. The zero-order valence-corrected chi connectivity index (χ0v) is 21.5. The lowest BCUT2D eigenvalue weighted by atomic mass is 10.2. The Hall–Kier alpha value is -3.89. The molecule has 0 spiro atoms. The number of benzene rings is 3. The van der Waals surface area contributed by atoms with Gasteiger partial charge in [0, 0.05) is 22.9 Å². The van der Waals surface area contributed by atoms with E-state index in [-0.39, 0.29) is 24.7 Å². The topological polar surface area (TPSA) is 92.2 Å². The van der Waals surface area contributed by atoms with Crippen molar-refractivity contribution >= 4 is 72.2 Å². The van der Waals surface area contributed by atoms with Crippen molar-refractivity contribution in [2.45, 2.75) is 12.8 Å². The van der Waals surface area contributed by atoms with Crippen LogP contribution in [0.2, 0.25) is 0 Å². The molecule has 3 aromatic carbocycles. The lowest BCUT2D eigenvalue weighted by molar-refractivity contribution is -0.121. The molecule has 180 valence electrons. The number of aromatic nitrogens is 1. The Kier molecular flexibility index (Phi) is 6.62. The largest absolute Gasteiger partial charge is 0.497 e. The minimum Gasteiger partial charge on any atom is -0.497 e. The van der Waals surface area contributed by atoms with E-state index in [9.17, 15) is 14.4 Å². The highest BCUT2D eigenvalue weighted by Crippen LogP contribution is 2.32. The molecule has 0 N–H and O–H groups in total. The zero-order valence-electron chi connectivity index (χ0n) is 19.1. The Morgan fingerprint density at radius 3 is 2.42 bits per heavy atom. The Bertz CT molecular complexity index is 1480. The molecule has 1 fully saturated rings. The fraction of sp³-hybridized carbons (Fsp3) is 0.115. The Morgan fingerprint density at radius 2 is 1.75 bits per heavy atom. The number of carbonyl (C=O) groups is 3. The molecule has 1 saturated heterocycles. The van der Waals surface area contributed by atoms with Crippen LogP contribution >= 0.6 is 27.3 Å². The van der Waals surface area contributed by atoms with Crippen LogP contribution in [-0.2, 0) is 9.59 Å². The van der Waals surface area contributed by atoms with E-state index in [4.69, 9.17) is 4.74 Å². The number of imide groups is 1. The number of hydrogen-bond donors (Lipinski definition) is 0. The Balaban J connectivity index is 1.49. The predicted molar refractivity (Wildman–Crippen MR) is 143 cm³/mol. The maximum atomic E-state index is 13.6. The molecule has 1 aromatic heterocycles. The number of ether oxygens (including phenoxy) is 1. The molecular formula is C26H19BrN4O4S. The summed E-state index contributed by atoms with van der Waals surface area (Å²) >= 11 is 4.81. The van der Waals surface area contributed by atoms with E-state index in [1.54, 1.807) is 37.6 Å². The van der Waals surface area contributed by atoms with Crippen LogP contribution in [-0.4, -0.2) is 36.0 Å². The molecule has 2 heterocycles. The van der Waals surface area contributed by atoms with Crippen LogP contribution in [0.15, 0.2) is 76.3 Å². The van der Waals surface area contributed by atoms with Crippen molar-refractivity contribution in [3.63, 3.8) is 0 Å². The monoisotopic (exact) mass is 562 g/mol. The minimum atomic E-state index is -0.400. The first-order chi connectivity index (χ1) is 17.4. The van der Waals surface area contributed by atoms with Crippen LogP contribution in [0.4, 0.5) is 10.8 Å². The minimum absolute atomic E-state index is 0.196. The average molecular weight is 563 g/mol. The number of nitrogens with zero attached hydrogens (tertiary/aromatic N) is 4. The molecular weight excluding hydrogens is 544 g/mol. The van der Waals surface area contributed by atoms with Crippen LogP contribution in [0.3, 0.4) is 0 Å². The molecule has 0 radical (unpaired) electrons. The number of methoxy groups -OCH3 is 1. The third-order valence-electron chi connectivity index (χ3n) is 5.57. The number of rotatable bonds is 6. The third kappa shape index (κ3) is 4.77. The lowest BCUT2D eigenvalue weighted by Gasteiger charge is -2.16. The molecule has 0 atom stereocenters. The van der Waals surface area contributed by atoms with Crippen LogP contribution in [0.1, 0.15) is 28.8 Å². The van der Waals surface area contributed by atoms with Crippen molar-refractivity contribution in [2.75, 3.05) is 17.0 Å². The summed E-state index contributed by atoms with van der Waals surface area (Å²) in [5, 5.41) is 6.14. The van der Waals surface area contributed by atoms with E-state index in [1.807, 2.05) is 42.5 Å². The van der Waals surface area contributed by atoms with Gasteiger partial charge in [0.1, 0.15) is 5.75 Å². The van der Waals surface area contributed by atoms with Crippen LogP contribution in [0, 0.1) is 0 Å². The first-order valence-corrected chi connectivity index (χ1v) is 12.6. The number of amides is 3. The number of fused-ring (bicyclic) bond motifs is 1. The first-order valence-electron chi connectivity index (χ1n) is 11.0. The van der Waals surface area contributed by atoms with Gasteiger partial charge in [-0.1, -0.05) is 27.3 Å². The number of anilines is 2. The van der Waals surface area contributed by atoms with Crippen LogP contribution < -0.4 is 14.6 Å². The summed E-state index contributed by atoms with van der Waals surface area (Å²) in [5.41, 5.74) is 2.30. The van der Waals surface area contributed by atoms with Gasteiger partial charge in [0.25, 0.3) is 5.91 Å². The SMILES string of the molecule is COc1ccc(/C=N/N(C(=O)c2ccc(N3C(=O)CCC3=O)cc2)c2nc3ccc(Br)cc3s2)cc1. The van der Waals surface area contributed by atoms with E-state index >= 15 is 0 Å². The van der Waals surface area contributed by atoms with Crippen molar-refractivity contribution in [1.82, 2.24) is 4.98 Å². The van der Waals surface area contributed by atoms with Crippen molar-refractivity contribution in [3.05, 3.63) is 82.3 Å². The molecule has 4 aromatic rings. The van der Waals surface area contributed by atoms with Gasteiger partial charge >= 0.3 is 0 Å². The fourth-order valence-corrected chi connectivity index (χ4v) is 5.19. The molecule has 5 rings (SSSR count). The van der Waals surface area contributed by atoms with Crippen LogP contribution in [0.25, 0.3) is 10.2 Å². The molecule has 10 heteroatoms. The highest BCUT2D eigenvalue weighted by molar-refractivity contribution is 9.10. The van der Waals surface area contributed by atoms with E-state index in [1.165, 1.54) is 16.3 Å². The maximum Gasteiger partial charge on any atom is 0.280 e. The summed E-state index contributed by atoms with van der Waals surface area (Å²) < 4.78 is 7.01. The Labute approximate surface area is 218 Å². The second kappa shape index (κ2) is 10.00. The van der Waals surface area contributed by atoms with Gasteiger partial charge in [-0.05, 0) is 72.3 Å². The summed E-state index contributed by atoms with van der Waals surface area (Å²) in [5.74, 6) is -0.175. The molecule has 3 amide bonds. The second-order valence-corrected chi connectivity index (χ2v) is 9.84.